The molecule has 0 aliphatic heterocycles. The second kappa shape index (κ2) is 14.3. The maximum absolute atomic E-state index is 13.0. The average Bonchev–Trinajstić information content (AvgIpc) is 2.83. The van der Waals surface area contributed by atoms with E-state index in [9.17, 15) is 22.8 Å². The van der Waals surface area contributed by atoms with E-state index in [0.29, 0.717) is 25.2 Å². The van der Waals surface area contributed by atoms with Gasteiger partial charge in [-0.1, -0.05) is 13.8 Å². The predicted octanol–water partition coefficient (Wildman–Crippen LogP) is 3.00. The minimum absolute atomic E-state index is 0.0342. The minimum atomic E-state index is -3.73. The fourth-order valence-corrected chi connectivity index (χ4v) is 5.81. The lowest BCUT2D eigenvalue weighted by molar-refractivity contribution is -0.162. The molecule has 11 heteroatoms. The fraction of sp³-hybridized carbons (Fsp3) is 0.880. The van der Waals surface area contributed by atoms with Crippen molar-refractivity contribution in [3.05, 3.63) is 0 Å². The summed E-state index contributed by atoms with van der Waals surface area (Å²) in [5, 5.41) is 8.48. The topological polar surface area (TPSA) is 142 Å². The largest absolute Gasteiger partial charge is 0.469 e. The lowest BCUT2D eigenvalue weighted by Crippen LogP contribution is -2.38. The van der Waals surface area contributed by atoms with E-state index in [0.717, 1.165) is 12.8 Å². The highest BCUT2D eigenvalue weighted by Crippen LogP contribution is 2.38. The molecular formula is C25H44O10S. The van der Waals surface area contributed by atoms with Crippen LogP contribution in [-0.4, -0.2) is 70.2 Å². The first-order chi connectivity index (χ1) is 16.7. The van der Waals surface area contributed by atoms with Crippen LogP contribution in [-0.2, 0) is 42.9 Å². The van der Waals surface area contributed by atoms with Crippen LogP contribution in [0.3, 0.4) is 0 Å². The molecule has 1 N–H and O–H groups in total. The molecule has 0 amide bonds. The molecule has 0 aromatic carbocycles. The fourth-order valence-electron chi connectivity index (χ4n) is 4.47. The van der Waals surface area contributed by atoms with Crippen molar-refractivity contribution in [1.29, 1.82) is 0 Å². The molecule has 1 aliphatic carbocycles. The number of aliphatic hydroxyl groups excluding tert-OH is 1. The van der Waals surface area contributed by atoms with Crippen LogP contribution in [0, 0.1) is 22.7 Å². The summed E-state index contributed by atoms with van der Waals surface area (Å²) in [6.45, 7) is 7.71. The highest BCUT2D eigenvalue weighted by atomic mass is 32.2. The van der Waals surface area contributed by atoms with Crippen molar-refractivity contribution in [2.75, 3.05) is 33.5 Å². The molecule has 0 saturated heterocycles. The van der Waals surface area contributed by atoms with E-state index in [4.69, 9.17) is 23.5 Å². The summed E-state index contributed by atoms with van der Waals surface area (Å²) in [7, 11) is -2.47. The van der Waals surface area contributed by atoms with Gasteiger partial charge in [-0.05, 0) is 71.6 Å². The van der Waals surface area contributed by atoms with Gasteiger partial charge in [0.25, 0.3) is 10.1 Å². The van der Waals surface area contributed by atoms with E-state index in [-0.39, 0.29) is 39.3 Å². The lowest BCUT2D eigenvalue weighted by atomic mass is 9.73. The van der Waals surface area contributed by atoms with Gasteiger partial charge in [0.2, 0.25) is 0 Å². The Bertz CT molecular complexity index is 830. The SMILES string of the molecule is CCC(C)(CC(CC(C)(C)C(=O)OC)C(=O)OCCO)C(=O)OCCOS(=O)(=O)C1CCC(C)CC1. The third-order valence-corrected chi connectivity index (χ3v) is 8.85. The number of carbonyl (C=O) groups is 3. The Kier molecular flexibility index (Phi) is 12.8. The van der Waals surface area contributed by atoms with Crippen molar-refractivity contribution < 1.29 is 46.3 Å². The zero-order chi connectivity index (χ0) is 27.6. The Hall–Kier alpha value is -1.72. The van der Waals surface area contributed by atoms with Crippen LogP contribution >= 0.6 is 0 Å². The molecule has 0 radical (unpaired) electrons. The minimum Gasteiger partial charge on any atom is -0.469 e. The second-order valence-electron chi connectivity index (χ2n) is 10.6. The summed E-state index contributed by atoms with van der Waals surface area (Å²) in [5.41, 5.74) is -2.12. The van der Waals surface area contributed by atoms with Crippen LogP contribution in [0.2, 0.25) is 0 Å². The van der Waals surface area contributed by atoms with Gasteiger partial charge in [-0.15, -0.1) is 0 Å². The van der Waals surface area contributed by atoms with Crippen molar-refractivity contribution >= 4 is 28.0 Å². The molecule has 1 fully saturated rings. The summed E-state index contributed by atoms with van der Waals surface area (Å²) in [4.78, 5) is 37.9. The molecule has 2 atom stereocenters. The van der Waals surface area contributed by atoms with Crippen molar-refractivity contribution in [3.63, 3.8) is 0 Å². The Labute approximate surface area is 215 Å². The lowest BCUT2D eigenvalue weighted by Gasteiger charge is -2.32. The molecule has 0 spiro atoms. The van der Waals surface area contributed by atoms with Crippen LogP contribution in [0.25, 0.3) is 0 Å². The number of carbonyl (C=O) groups excluding carboxylic acids is 3. The van der Waals surface area contributed by atoms with E-state index >= 15 is 0 Å². The molecule has 0 aromatic heterocycles. The maximum Gasteiger partial charge on any atom is 0.311 e. The molecule has 1 rings (SSSR count). The van der Waals surface area contributed by atoms with Crippen LogP contribution in [0.4, 0.5) is 0 Å². The Morgan fingerprint density at radius 3 is 2.08 bits per heavy atom. The number of rotatable bonds is 15. The quantitative estimate of drug-likeness (QED) is 0.144. The van der Waals surface area contributed by atoms with Crippen molar-refractivity contribution in [2.24, 2.45) is 22.7 Å². The summed E-state index contributed by atoms with van der Waals surface area (Å²) in [6.07, 6.45) is 3.23. The third kappa shape index (κ3) is 9.63. The van der Waals surface area contributed by atoms with Gasteiger partial charge in [0.1, 0.15) is 19.8 Å². The standard InChI is InChI=1S/C25H44O10S/c1-7-25(5,17-19(21(27)33-13-12-26)16-24(3,4)22(28)32-6)23(29)34-14-15-35-36(30,31)20-10-8-18(2)9-11-20/h18-20,26H,7-17H2,1-6H3. The highest BCUT2D eigenvalue weighted by molar-refractivity contribution is 7.87. The predicted molar refractivity (Wildman–Crippen MR) is 132 cm³/mol. The number of esters is 3. The third-order valence-electron chi connectivity index (χ3n) is 7.07. The molecule has 10 nitrogen and oxygen atoms in total. The molecule has 0 bridgehead atoms. The molecule has 210 valence electrons. The van der Waals surface area contributed by atoms with E-state index in [1.54, 1.807) is 27.7 Å². The first-order valence-electron chi connectivity index (χ1n) is 12.6. The van der Waals surface area contributed by atoms with Crippen LogP contribution in [0.15, 0.2) is 0 Å². The zero-order valence-corrected chi connectivity index (χ0v) is 23.4. The Balaban J connectivity index is 2.80. The average molecular weight is 537 g/mol. The number of hydrogen-bond acceptors (Lipinski definition) is 10. The van der Waals surface area contributed by atoms with Gasteiger partial charge < -0.3 is 19.3 Å². The van der Waals surface area contributed by atoms with Gasteiger partial charge >= 0.3 is 17.9 Å². The van der Waals surface area contributed by atoms with Gasteiger partial charge in [0, 0.05) is 0 Å². The van der Waals surface area contributed by atoms with E-state index in [2.05, 4.69) is 6.92 Å². The molecule has 0 aromatic rings. The van der Waals surface area contributed by atoms with E-state index < -0.39 is 50.0 Å². The number of aliphatic hydroxyl groups is 1. The van der Waals surface area contributed by atoms with Gasteiger partial charge in [-0.3, -0.25) is 18.6 Å². The molecule has 1 saturated carbocycles. The molecule has 2 unspecified atom stereocenters. The number of ether oxygens (including phenoxy) is 3. The zero-order valence-electron chi connectivity index (χ0n) is 22.5. The van der Waals surface area contributed by atoms with Crippen LogP contribution in [0.5, 0.6) is 0 Å². The van der Waals surface area contributed by atoms with Crippen molar-refractivity contribution in [2.45, 2.75) is 84.8 Å². The molecule has 36 heavy (non-hydrogen) atoms. The monoisotopic (exact) mass is 536 g/mol. The summed E-state index contributed by atoms with van der Waals surface area (Å²) < 4.78 is 45.3. The molecular weight excluding hydrogens is 492 g/mol. The van der Waals surface area contributed by atoms with Gasteiger partial charge in [-0.25, -0.2) is 0 Å². The van der Waals surface area contributed by atoms with E-state index in [1.165, 1.54) is 7.11 Å². The molecule has 1 aliphatic rings. The first kappa shape index (κ1) is 32.3. The maximum atomic E-state index is 13.0. The van der Waals surface area contributed by atoms with Crippen LogP contribution < -0.4 is 0 Å². The normalized spacial score (nSPS) is 21.2. The smallest absolute Gasteiger partial charge is 0.311 e. The Morgan fingerprint density at radius 2 is 1.56 bits per heavy atom. The van der Waals surface area contributed by atoms with Gasteiger partial charge in [0.05, 0.1) is 35.7 Å². The van der Waals surface area contributed by atoms with Crippen LogP contribution in [0.1, 0.15) is 79.6 Å². The number of hydrogen-bond donors (Lipinski definition) is 1. The Morgan fingerprint density at radius 1 is 0.944 bits per heavy atom. The van der Waals surface area contributed by atoms with Gasteiger partial charge in [-0.2, -0.15) is 8.42 Å². The van der Waals surface area contributed by atoms with Crippen molar-refractivity contribution in [1.82, 2.24) is 0 Å². The summed E-state index contributed by atoms with van der Waals surface area (Å²) in [6, 6.07) is 0. The second-order valence-corrected chi connectivity index (χ2v) is 12.5. The first-order valence-corrected chi connectivity index (χ1v) is 14.1. The van der Waals surface area contributed by atoms with E-state index in [1.807, 2.05) is 0 Å². The van der Waals surface area contributed by atoms with Crippen molar-refractivity contribution in [3.8, 4) is 0 Å². The molecule has 0 heterocycles. The summed E-state index contributed by atoms with van der Waals surface area (Å²) in [5.74, 6) is -2.08. The van der Waals surface area contributed by atoms with Gasteiger partial charge in [0.15, 0.2) is 0 Å². The summed E-state index contributed by atoms with van der Waals surface area (Å²) >= 11 is 0. The number of methoxy groups -OCH3 is 1. The highest BCUT2D eigenvalue weighted by Gasteiger charge is 2.42.